The maximum atomic E-state index is 12.5. The van der Waals surface area contributed by atoms with Gasteiger partial charge in [0.2, 0.25) is 5.91 Å². The average Bonchev–Trinajstić information content (AvgIpc) is 2.85. The summed E-state index contributed by atoms with van der Waals surface area (Å²) in [5.41, 5.74) is 1.81. The molecule has 1 saturated heterocycles. The lowest BCUT2D eigenvalue weighted by Crippen LogP contribution is -2.34. The number of aromatic nitrogens is 1. The van der Waals surface area contributed by atoms with Crippen molar-refractivity contribution in [3.8, 4) is 0 Å². The highest BCUT2D eigenvalue weighted by atomic mass is 32.2. The summed E-state index contributed by atoms with van der Waals surface area (Å²) in [7, 11) is 0. The lowest BCUT2D eigenvalue weighted by Gasteiger charge is -2.19. The molecule has 5 nitrogen and oxygen atoms in total. The number of hydrogen-bond acceptors (Lipinski definition) is 4. The Balaban J connectivity index is 1.59. The van der Waals surface area contributed by atoms with Gasteiger partial charge >= 0.3 is 0 Å². The molecule has 124 valence electrons. The largest absolute Gasteiger partial charge is 0.354 e. The van der Waals surface area contributed by atoms with E-state index in [1.54, 1.807) is 22.9 Å². The Kier molecular flexibility index (Phi) is 5.48. The molecule has 1 N–H and O–H groups in total. The summed E-state index contributed by atoms with van der Waals surface area (Å²) in [6.45, 7) is 1.55. The van der Waals surface area contributed by atoms with Crippen LogP contribution in [0.15, 0.2) is 53.7 Å². The first kappa shape index (κ1) is 16.5. The molecule has 2 amide bonds. The number of carbonyl (C=O) groups excluding carboxylic acids is 2. The summed E-state index contributed by atoms with van der Waals surface area (Å²) in [6, 6.07) is 13.5. The molecule has 3 rings (SSSR count). The van der Waals surface area contributed by atoms with E-state index in [1.807, 2.05) is 42.5 Å². The van der Waals surface area contributed by atoms with E-state index in [2.05, 4.69) is 10.3 Å². The van der Waals surface area contributed by atoms with E-state index < -0.39 is 0 Å². The second-order valence-corrected chi connectivity index (χ2v) is 6.54. The monoisotopic (exact) mass is 341 g/mol. The molecule has 0 spiro atoms. The van der Waals surface area contributed by atoms with Crippen molar-refractivity contribution in [2.45, 2.75) is 17.2 Å². The van der Waals surface area contributed by atoms with Gasteiger partial charge in [-0.2, -0.15) is 0 Å². The molecule has 0 aliphatic carbocycles. The minimum atomic E-state index is -0.0181. The van der Waals surface area contributed by atoms with Gasteiger partial charge in [-0.1, -0.05) is 18.2 Å². The quantitative estimate of drug-likeness (QED) is 0.867. The van der Waals surface area contributed by atoms with Crippen LogP contribution in [0.4, 0.5) is 0 Å². The van der Waals surface area contributed by atoms with Crippen molar-refractivity contribution in [3.05, 3.63) is 59.8 Å². The fourth-order valence-electron chi connectivity index (χ4n) is 2.49. The van der Waals surface area contributed by atoms with E-state index in [0.29, 0.717) is 31.6 Å². The maximum Gasteiger partial charge on any atom is 0.253 e. The molecule has 2 aromatic rings. The lowest BCUT2D eigenvalue weighted by molar-refractivity contribution is -0.120. The number of nitrogens with zero attached hydrogens (tertiary/aromatic N) is 2. The van der Waals surface area contributed by atoms with Gasteiger partial charge in [0.1, 0.15) is 0 Å². The lowest BCUT2D eigenvalue weighted by atomic mass is 10.1. The van der Waals surface area contributed by atoms with Crippen molar-refractivity contribution < 1.29 is 9.59 Å². The molecule has 24 heavy (non-hydrogen) atoms. The van der Waals surface area contributed by atoms with Crippen LogP contribution in [0.1, 0.15) is 22.3 Å². The van der Waals surface area contributed by atoms with Gasteiger partial charge in [0.25, 0.3) is 5.91 Å². The summed E-state index contributed by atoms with van der Waals surface area (Å²) < 4.78 is 0. The van der Waals surface area contributed by atoms with Crippen molar-refractivity contribution >= 4 is 23.6 Å². The molecule has 1 aromatic carbocycles. The molecule has 0 radical (unpaired) electrons. The third kappa shape index (κ3) is 4.35. The summed E-state index contributed by atoms with van der Waals surface area (Å²) in [6.07, 6.45) is 2.15. The van der Waals surface area contributed by atoms with Crippen LogP contribution in [0.5, 0.6) is 0 Å². The molecule has 0 atom stereocenters. The third-order valence-electron chi connectivity index (χ3n) is 3.83. The number of thioether (sulfide) groups is 1. The van der Waals surface area contributed by atoms with Crippen LogP contribution < -0.4 is 5.32 Å². The highest BCUT2D eigenvalue weighted by molar-refractivity contribution is 7.98. The minimum Gasteiger partial charge on any atom is -0.354 e. The number of hydrogen-bond donors (Lipinski definition) is 1. The summed E-state index contributed by atoms with van der Waals surface area (Å²) in [4.78, 5) is 29.9. The Bertz CT molecular complexity index is 704. The van der Waals surface area contributed by atoms with Crippen molar-refractivity contribution in [2.75, 3.05) is 19.6 Å². The summed E-state index contributed by atoms with van der Waals surface area (Å²) >= 11 is 1.67. The zero-order valence-electron chi connectivity index (χ0n) is 13.3. The highest BCUT2D eigenvalue weighted by Gasteiger charge is 2.19. The van der Waals surface area contributed by atoms with Gasteiger partial charge in [0.05, 0.1) is 5.03 Å². The molecule has 1 aliphatic rings. The van der Waals surface area contributed by atoms with E-state index in [9.17, 15) is 9.59 Å². The standard InChI is InChI=1S/C18H19N3O2S/c22-16-8-11-21(12-10-19-16)18(23)15-6-4-14(5-7-15)13-24-17-3-1-2-9-20-17/h1-7,9H,8,10-13H2,(H,19,22). The Morgan fingerprint density at radius 2 is 2.00 bits per heavy atom. The van der Waals surface area contributed by atoms with Gasteiger partial charge in [-0.15, -0.1) is 11.8 Å². The number of amides is 2. The minimum absolute atomic E-state index is 0.00666. The Labute approximate surface area is 145 Å². The summed E-state index contributed by atoms with van der Waals surface area (Å²) in [5.74, 6) is 0.802. The van der Waals surface area contributed by atoms with Crippen molar-refractivity contribution in [3.63, 3.8) is 0 Å². The fourth-order valence-corrected chi connectivity index (χ4v) is 3.30. The number of carbonyl (C=O) groups is 2. The third-order valence-corrected chi connectivity index (χ3v) is 4.84. The van der Waals surface area contributed by atoms with Crippen LogP contribution in [0.2, 0.25) is 0 Å². The van der Waals surface area contributed by atoms with Gasteiger partial charge in [-0.3, -0.25) is 9.59 Å². The van der Waals surface area contributed by atoms with Crippen LogP contribution in [-0.2, 0) is 10.5 Å². The zero-order valence-corrected chi connectivity index (χ0v) is 14.1. The van der Waals surface area contributed by atoms with Crippen LogP contribution in [-0.4, -0.2) is 41.3 Å². The summed E-state index contributed by atoms with van der Waals surface area (Å²) in [5, 5.41) is 3.77. The maximum absolute atomic E-state index is 12.5. The van der Waals surface area contributed by atoms with E-state index in [4.69, 9.17) is 0 Å². The number of pyridine rings is 1. The van der Waals surface area contributed by atoms with Gasteiger partial charge < -0.3 is 10.2 Å². The van der Waals surface area contributed by atoms with Gasteiger partial charge in [0, 0.05) is 43.6 Å². The molecular weight excluding hydrogens is 322 g/mol. The van der Waals surface area contributed by atoms with E-state index >= 15 is 0 Å². The van der Waals surface area contributed by atoms with Gasteiger partial charge in [-0.25, -0.2) is 4.98 Å². The molecular formula is C18H19N3O2S. The Morgan fingerprint density at radius 3 is 2.75 bits per heavy atom. The van der Waals surface area contributed by atoms with Gasteiger partial charge in [0.15, 0.2) is 0 Å². The topological polar surface area (TPSA) is 62.3 Å². The molecule has 0 saturated carbocycles. The number of benzene rings is 1. The molecule has 1 aliphatic heterocycles. The molecule has 6 heteroatoms. The Morgan fingerprint density at radius 1 is 1.17 bits per heavy atom. The molecule has 1 aromatic heterocycles. The highest BCUT2D eigenvalue weighted by Crippen LogP contribution is 2.20. The second-order valence-electron chi connectivity index (χ2n) is 5.55. The van der Waals surface area contributed by atoms with Crippen LogP contribution >= 0.6 is 11.8 Å². The van der Waals surface area contributed by atoms with E-state index in [1.165, 1.54) is 0 Å². The van der Waals surface area contributed by atoms with Crippen molar-refractivity contribution in [1.82, 2.24) is 15.2 Å². The van der Waals surface area contributed by atoms with Crippen molar-refractivity contribution in [1.29, 1.82) is 0 Å². The zero-order chi connectivity index (χ0) is 16.8. The van der Waals surface area contributed by atoms with Crippen LogP contribution in [0.3, 0.4) is 0 Å². The van der Waals surface area contributed by atoms with E-state index in [-0.39, 0.29) is 11.8 Å². The molecule has 0 bridgehead atoms. The SMILES string of the molecule is O=C1CCN(C(=O)c2ccc(CSc3ccccn3)cc2)CCN1. The van der Waals surface area contributed by atoms with Crippen LogP contribution in [0.25, 0.3) is 0 Å². The van der Waals surface area contributed by atoms with Gasteiger partial charge in [-0.05, 0) is 29.8 Å². The molecule has 1 fully saturated rings. The second kappa shape index (κ2) is 7.97. The van der Waals surface area contributed by atoms with Crippen LogP contribution in [0, 0.1) is 0 Å². The first-order chi connectivity index (χ1) is 11.7. The first-order valence-electron chi connectivity index (χ1n) is 7.91. The van der Waals surface area contributed by atoms with Crippen molar-refractivity contribution in [2.24, 2.45) is 0 Å². The van der Waals surface area contributed by atoms with E-state index in [0.717, 1.165) is 16.3 Å². The Hall–Kier alpha value is -2.34. The first-order valence-corrected chi connectivity index (χ1v) is 8.90. The number of rotatable bonds is 4. The predicted molar refractivity (Wildman–Crippen MR) is 93.8 cm³/mol. The fraction of sp³-hybridized carbons (Fsp3) is 0.278. The normalized spacial score (nSPS) is 14.8. The molecule has 2 heterocycles. The number of nitrogens with one attached hydrogen (secondary N) is 1. The predicted octanol–water partition coefficient (Wildman–Crippen LogP) is 2.34. The molecule has 0 unspecified atom stereocenters. The smallest absolute Gasteiger partial charge is 0.253 e. The average molecular weight is 341 g/mol.